The largest absolute Gasteiger partial charge is 0.460 e. The summed E-state index contributed by atoms with van der Waals surface area (Å²) in [5.41, 5.74) is -15.4. The van der Waals surface area contributed by atoms with Crippen molar-refractivity contribution >= 4 is 45.9 Å². The Bertz CT molecular complexity index is 3660. The normalized spacial score (nSPS) is 14.1. The molecule has 0 saturated heterocycles. The van der Waals surface area contributed by atoms with E-state index in [1.165, 1.54) is 12.2 Å². The fourth-order valence-corrected chi connectivity index (χ4v) is 8.58. The highest BCUT2D eigenvalue weighted by Gasteiger charge is 2.82. The van der Waals surface area contributed by atoms with Gasteiger partial charge in [0.25, 0.3) is 0 Å². The lowest BCUT2D eigenvalue weighted by Crippen LogP contribution is -2.61. The van der Waals surface area contributed by atoms with E-state index in [9.17, 15) is 74.6 Å². The summed E-state index contributed by atoms with van der Waals surface area (Å²) < 4.78 is 303. The molecule has 400 valence electrons. The maximum Gasteiger partial charge on any atom is 0.460 e. The number of alkyl halides is 21. The van der Waals surface area contributed by atoms with Gasteiger partial charge in [0.15, 0.2) is 0 Å². The van der Waals surface area contributed by atoms with Gasteiger partial charge in [-0.15, -0.1) is 0 Å². The molecular weight excluding hydrogens is 1080 g/mol. The third-order valence-corrected chi connectivity index (χ3v) is 12.3. The average Bonchev–Trinajstić information content (AvgIpc) is 4.19. The topological polar surface area (TPSA) is 57.4 Å². The number of fused-ring (bicyclic) bond motifs is 8. The van der Waals surface area contributed by atoms with Crippen molar-refractivity contribution in [2.75, 3.05) is 0 Å². The van der Waals surface area contributed by atoms with E-state index < -0.39 is 121 Å². The molecule has 2 N–H and O–H groups in total. The van der Waals surface area contributed by atoms with Crippen molar-refractivity contribution in [3.8, 4) is 44.5 Å². The quantitative estimate of drug-likeness (QED) is 0.156. The summed E-state index contributed by atoms with van der Waals surface area (Å²) in [7, 11) is 0. The molecule has 8 bridgehead atoms. The van der Waals surface area contributed by atoms with Gasteiger partial charge in [0.1, 0.15) is 0 Å². The van der Waals surface area contributed by atoms with Crippen molar-refractivity contribution in [3.63, 3.8) is 0 Å². The molecule has 77 heavy (non-hydrogen) atoms. The van der Waals surface area contributed by atoms with E-state index in [1.807, 2.05) is 0 Å². The van der Waals surface area contributed by atoms with Gasteiger partial charge < -0.3 is 9.97 Å². The minimum absolute atomic E-state index is 0.0641. The SMILES string of the molecule is FC(F)(F)c1ccc(-c2c3nc(c(-c4ccc(C(F)(F)F)cc4)c4ccc([nH]4)c(-c4ccc(C(F)(F)F)cc4)c4nc(c(-c5ccc(C(F)(F)F)cc5)c5ccc2[nH]5)C=C4C(F)(F)C(F)(F)C(F)(F)C(F)(F)F)C=C3)cc1. The van der Waals surface area contributed by atoms with Gasteiger partial charge in [0.05, 0.1) is 50.6 Å². The number of hydrogen-bond acceptors (Lipinski definition) is 2. The Morgan fingerprint density at radius 1 is 0.299 bits per heavy atom. The molecular formula is C52H25F21N4. The van der Waals surface area contributed by atoms with Crippen molar-refractivity contribution in [1.82, 2.24) is 19.9 Å². The Morgan fingerprint density at radius 2 is 0.584 bits per heavy atom. The van der Waals surface area contributed by atoms with E-state index >= 15 is 17.6 Å². The molecule has 9 rings (SSSR count). The lowest BCUT2D eigenvalue weighted by molar-refractivity contribution is -0.386. The first-order valence-electron chi connectivity index (χ1n) is 21.7. The number of nitrogens with one attached hydrogen (secondary N) is 2. The second-order valence-electron chi connectivity index (χ2n) is 17.2. The van der Waals surface area contributed by atoms with Gasteiger partial charge in [-0.25, -0.2) is 9.97 Å². The first-order chi connectivity index (χ1) is 35.6. The molecule has 0 atom stereocenters. The van der Waals surface area contributed by atoms with E-state index in [4.69, 9.17) is 0 Å². The highest BCUT2D eigenvalue weighted by atomic mass is 19.4. The lowest BCUT2D eigenvalue weighted by Gasteiger charge is -2.34. The van der Waals surface area contributed by atoms with Crippen molar-refractivity contribution in [1.29, 1.82) is 0 Å². The molecule has 25 heteroatoms. The van der Waals surface area contributed by atoms with Gasteiger partial charge in [0, 0.05) is 44.3 Å². The number of allylic oxidation sites excluding steroid dienone is 1. The number of halogens is 21. The van der Waals surface area contributed by atoms with E-state index in [2.05, 4.69) is 19.9 Å². The number of benzene rings is 4. The Labute approximate surface area is 416 Å². The molecule has 0 unspecified atom stereocenters. The Balaban J connectivity index is 1.52. The molecule has 0 radical (unpaired) electrons. The second kappa shape index (κ2) is 18.1. The molecule has 0 amide bonds. The summed E-state index contributed by atoms with van der Waals surface area (Å²) in [5.74, 6) is -21.7. The molecule has 2 aliphatic rings. The third-order valence-electron chi connectivity index (χ3n) is 12.3. The van der Waals surface area contributed by atoms with Crippen LogP contribution in [0.4, 0.5) is 92.2 Å². The van der Waals surface area contributed by atoms with Crippen molar-refractivity contribution < 1.29 is 92.2 Å². The number of H-pyrrole nitrogens is 2. The van der Waals surface area contributed by atoms with Crippen LogP contribution >= 0.6 is 0 Å². The van der Waals surface area contributed by atoms with Gasteiger partial charge in [-0.05, 0) is 113 Å². The lowest BCUT2D eigenvalue weighted by atomic mass is 9.90. The standard InChI is InChI=1S/C52H25F21N4/c53-45(54,50(67,68)51(69,70)52(71,72)73)32-23-39-42(26-5-13-30(14-6-26)48(61,62)63)37-20-19-35(75-37)40(24-1-9-28(10-2-24)46(55,56)57)33-17-18-34(74-33)41(25-3-11-29(12-4-25)47(58,59)60)36-21-22-38(76-36)43(44(32)77-39)27-7-15-31(16-8-27)49(64,65)66/h1-23,75-76H. The molecule has 2 aliphatic heterocycles. The molecule has 0 aliphatic carbocycles. The van der Waals surface area contributed by atoms with Crippen LogP contribution in [-0.4, -0.2) is 43.9 Å². The van der Waals surface area contributed by atoms with Gasteiger partial charge in [0.2, 0.25) is 0 Å². The minimum atomic E-state index is -7.56. The maximum atomic E-state index is 16.9. The number of nitrogens with zero attached hydrogens (tertiary/aromatic N) is 2. The number of rotatable bonds is 7. The molecule has 3 aromatic heterocycles. The van der Waals surface area contributed by atoms with E-state index in [1.54, 1.807) is 0 Å². The van der Waals surface area contributed by atoms with Crippen LogP contribution in [0.25, 0.3) is 90.4 Å². The monoisotopic (exact) mass is 1100 g/mol. The fourth-order valence-electron chi connectivity index (χ4n) is 8.58. The van der Waals surface area contributed by atoms with Crippen molar-refractivity contribution in [2.24, 2.45) is 0 Å². The van der Waals surface area contributed by atoms with Crippen LogP contribution in [0, 0.1) is 0 Å². The minimum Gasteiger partial charge on any atom is -0.354 e. The van der Waals surface area contributed by atoms with Crippen LogP contribution in [0.5, 0.6) is 0 Å². The third kappa shape index (κ3) is 9.57. The Kier molecular flexibility index (Phi) is 12.6. The second-order valence-corrected chi connectivity index (χ2v) is 17.2. The highest BCUT2D eigenvalue weighted by molar-refractivity contribution is 6.03. The number of aromatic amines is 2. The summed E-state index contributed by atoms with van der Waals surface area (Å²) in [6.45, 7) is 0. The average molecular weight is 1100 g/mol. The van der Waals surface area contributed by atoms with E-state index in [0.717, 1.165) is 48.5 Å². The smallest absolute Gasteiger partial charge is 0.354 e. The van der Waals surface area contributed by atoms with Gasteiger partial charge in [-0.2, -0.15) is 92.2 Å². The summed E-state index contributed by atoms with van der Waals surface area (Å²) in [4.78, 5) is 14.2. The van der Waals surface area contributed by atoms with Crippen molar-refractivity contribution in [3.05, 3.63) is 166 Å². The first kappa shape index (κ1) is 53.8. The van der Waals surface area contributed by atoms with Crippen LogP contribution in [0.1, 0.15) is 45.0 Å². The Morgan fingerprint density at radius 3 is 0.883 bits per heavy atom. The van der Waals surface area contributed by atoms with E-state index in [0.29, 0.717) is 72.8 Å². The van der Waals surface area contributed by atoms with Crippen LogP contribution < -0.4 is 0 Å². The molecule has 7 aromatic rings. The van der Waals surface area contributed by atoms with Gasteiger partial charge in [-0.3, -0.25) is 0 Å². The first-order valence-corrected chi connectivity index (χ1v) is 21.7. The van der Waals surface area contributed by atoms with Gasteiger partial charge >= 0.3 is 48.6 Å². The summed E-state index contributed by atoms with van der Waals surface area (Å²) in [5, 5.41) is 0. The maximum absolute atomic E-state index is 16.9. The van der Waals surface area contributed by atoms with Gasteiger partial charge in [-0.1, -0.05) is 48.5 Å². The molecule has 0 fully saturated rings. The number of hydrogen-bond donors (Lipinski definition) is 2. The number of aromatic nitrogens is 4. The zero-order valence-corrected chi connectivity index (χ0v) is 37.6. The van der Waals surface area contributed by atoms with Crippen LogP contribution in [-0.2, 0) is 24.7 Å². The molecule has 5 heterocycles. The van der Waals surface area contributed by atoms with E-state index in [-0.39, 0.29) is 50.8 Å². The predicted octanol–water partition coefficient (Wildman–Crippen LogP) is 18.2. The zero-order chi connectivity index (χ0) is 56.2. The van der Waals surface area contributed by atoms with Crippen LogP contribution in [0.2, 0.25) is 0 Å². The molecule has 0 spiro atoms. The van der Waals surface area contributed by atoms with Crippen LogP contribution in [0.15, 0.2) is 121 Å². The van der Waals surface area contributed by atoms with Crippen molar-refractivity contribution in [2.45, 2.75) is 48.6 Å². The molecule has 4 aromatic carbocycles. The summed E-state index contributed by atoms with van der Waals surface area (Å²) in [6, 6.07) is 14.8. The molecule has 0 saturated carbocycles. The Hall–Kier alpha value is -7.99. The van der Waals surface area contributed by atoms with Crippen LogP contribution in [0.3, 0.4) is 0 Å². The predicted molar refractivity (Wildman–Crippen MR) is 240 cm³/mol. The zero-order valence-electron chi connectivity index (χ0n) is 37.6. The highest BCUT2D eigenvalue weighted by Crippen LogP contribution is 2.59. The summed E-state index contributed by atoms with van der Waals surface area (Å²) in [6.07, 6.45) is -24.8. The molecule has 4 nitrogen and oxygen atoms in total. The summed E-state index contributed by atoms with van der Waals surface area (Å²) >= 11 is 0. The fraction of sp³-hybridized carbons (Fsp3) is 0.154.